The van der Waals surface area contributed by atoms with Crippen molar-refractivity contribution in [3.8, 4) is 0 Å². The number of rotatable bonds is 4. The van der Waals surface area contributed by atoms with E-state index in [9.17, 15) is 13.6 Å². The zero-order chi connectivity index (χ0) is 19.0. The summed E-state index contributed by atoms with van der Waals surface area (Å²) in [6.07, 6.45) is 0. The van der Waals surface area contributed by atoms with Crippen LogP contribution in [0.15, 0.2) is 53.1 Å². The van der Waals surface area contributed by atoms with E-state index in [1.807, 2.05) is 30.3 Å². The molecule has 2 aromatic heterocycles. The van der Waals surface area contributed by atoms with Crippen molar-refractivity contribution in [2.75, 3.05) is 4.90 Å². The first-order valence-electron chi connectivity index (χ1n) is 8.06. The Balaban J connectivity index is 1.79. The third kappa shape index (κ3) is 3.43. The van der Waals surface area contributed by atoms with Gasteiger partial charge in [0.25, 0.3) is 5.91 Å². The van der Waals surface area contributed by atoms with Gasteiger partial charge in [-0.15, -0.1) is 0 Å². The molecule has 0 aliphatic carbocycles. The first kappa shape index (κ1) is 17.3. The third-order valence-corrected chi connectivity index (χ3v) is 4.93. The Labute approximate surface area is 156 Å². The Kier molecular flexibility index (Phi) is 4.41. The summed E-state index contributed by atoms with van der Waals surface area (Å²) in [4.78, 5) is 18.6. The molecule has 136 valence electrons. The summed E-state index contributed by atoms with van der Waals surface area (Å²) in [6.45, 7) is 1.89. The number of fused-ring (bicyclic) bond motifs is 1. The average Bonchev–Trinajstić information content (AvgIpc) is 3.26. The van der Waals surface area contributed by atoms with Crippen LogP contribution >= 0.6 is 11.3 Å². The highest BCUT2D eigenvalue weighted by molar-refractivity contribution is 7.22. The number of carbonyl (C=O) groups excluding carboxylic acids is 1. The summed E-state index contributed by atoms with van der Waals surface area (Å²) in [7, 11) is 0. The quantitative estimate of drug-likeness (QED) is 0.510. The van der Waals surface area contributed by atoms with Crippen LogP contribution in [0.2, 0.25) is 0 Å². The van der Waals surface area contributed by atoms with E-state index in [1.54, 1.807) is 6.92 Å². The fraction of sp³-hybridized carbons (Fsp3) is 0.105. The number of hydrogen-bond donors (Lipinski definition) is 0. The van der Waals surface area contributed by atoms with Crippen LogP contribution in [0.25, 0.3) is 10.2 Å². The number of hydrogen-bond acceptors (Lipinski definition) is 5. The smallest absolute Gasteiger partial charge is 0.282 e. The van der Waals surface area contributed by atoms with Gasteiger partial charge >= 0.3 is 0 Å². The third-order valence-electron chi connectivity index (χ3n) is 3.91. The van der Waals surface area contributed by atoms with E-state index in [0.717, 1.165) is 23.0 Å². The molecule has 8 heteroatoms. The molecule has 2 heterocycles. The zero-order valence-electron chi connectivity index (χ0n) is 14.1. The van der Waals surface area contributed by atoms with Crippen molar-refractivity contribution in [3.05, 3.63) is 77.2 Å². The minimum absolute atomic E-state index is 0.0265. The fourth-order valence-electron chi connectivity index (χ4n) is 2.66. The molecule has 4 rings (SSSR count). The number of aromatic nitrogens is 2. The van der Waals surface area contributed by atoms with Crippen LogP contribution in [0.1, 0.15) is 21.8 Å². The van der Waals surface area contributed by atoms with Crippen LogP contribution < -0.4 is 4.90 Å². The topological polar surface area (TPSA) is 59.2 Å². The maximum Gasteiger partial charge on any atom is 0.282 e. The molecule has 0 aliphatic rings. The molecule has 0 unspecified atom stereocenters. The number of thiazole rings is 1. The first-order valence-corrected chi connectivity index (χ1v) is 8.87. The molecule has 0 atom stereocenters. The van der Waals surface area contributed by atoms with E-state index in [1.165, 1.54) is 17.0 Å². The number of aryl methyl sites for hydroxylation is 1. The van der Waals surface area contributed by atoms with Gasteiger partial charge in [-0.1, -0.05) is 46.8 Å². The van der Waals surface area contributed by atoms with Crippen molar-refractivity contribution in [1.29, 1.82) is 0 Å². The second-order valence-corrected chi connectivity index (χ2v) is 6.94. The van der Waals surface area contributed by atoms with Crippen LogP contribution in [0.5, 0.6) is 0 Å². The minimum atomic E-state index is -0.767. The Morgan fingerprint density at radius 2 is 1.96 bits per heavy atom. The highest BCUT2D eigenvalue weighted by Crippen LogP contribution is 2.32. The highest BCUT2D eigenvalue weighted by atomic mass is 32.1. The molecule has 0 spiro atoms. The van der Waals surface area contributed by atoms with Crippen LogP contribution in [0.3, 0.4) is 0 Å². The second kappa shape index (κ2) is 6.88. The minimum Gasteiger partial charge on any atom is -0.361 e. The fourth-order valence-corrected chi connectivity index (χ4v) is 3.66. The summed E-state index contributed by atoms with van der Waals surface area (Å²) < 4.78 is 32.9. The molecule has 0 saturated carbocycles. The number of carbonyl (C=O) groups is 1. The van der Waals surface area contributed by atoms with Crippen molar-refractivity contribution < 1.29 is 18.1 Å². The van der Waals surface area contributed by atoms with Gasteiger partial charge < -0.3 is 4.52 Å². The SMILES string of the molecule is Cc1cc(C(=O)N(Cc2ccccc2)c2nc3c(F)cc(F)cc3s2)no1. The van der Waals surface area contributed by atoms with Crippen LogP contribution in [-0.4, -0.2) is 16.0 Å². The zero-order valence-corrected chi connectivity index (χ0v) is 15.0. The van der Waals surface area contributed by atoms with Crippen LogP contribution in [0, 0.1) is 18.6 Å². The summed E-state index contributed by atoms with van der Waals surface area (Å²) in [5.74, 6) is -1.40. The lowest BCUT2D eigenvalue weighted by Crippen LogP contribution is -2.30. The summed E-state index contributed by atoms with van der Waals surface area (Å²) in [5, 5.41) is 4.02. The molecule has 27 heavy (non-hydrogen) atoms. The number of amides is 1. The predicted molar refractivity (Wildman–Crippen MR) is 97.7 cm³/mol. The lowest BCUT2D eigenvalue weighted by atomic mass is 10.2. The van der Waals surface area contributed by atoms with E-state index >= 15 is 0 Å². The van der Waals surface area contributed by atoms with Crippen molar-refractivity contribution >= 4 is 32.6 Å². The highest BCUT2D eigenvalue weighted by Gasteiger charge is 2.25. The first-order chi connectivity index (χ1) is 13.0. The van der Waals surface area contributed by atoms with E-state index in [4.69, 9.17) is 4.52 Å². The van der Waals surface area contributed by atoms with Gasteiger partial charge in [-0.2, -0.15) is 0 Å². The molecule has 4 aromatic rings. The van der Waals surface area contributed by atoms with E-state index < -0.39 is 17.5 Å². The number of halogens is 2. The Hall–Kier alpha value is -3.13. The molecule has 0 bridgehead atoms. The normalized spacial score (nSPS) is 11.1. The summed E-state index contributed by atoms with van der Waals surface area (Å²) in [5.41, 5.74) is 1.00. The molecule has 2 aromatic carbocycles. The molecule has 0 radical (unpaired) electrons. The number of nitrogens with zero attached hydrogens (tertiary/aromatic N) is 3. The van der Waals surface area contributed by atoms with E-state index in [2.05, 4.69) is 10.1 Å². The van der Waals surface area contributed by atoms with Gasteiger partial charge in [0.05, 0.1) is 11.2 Å². The van der Waals surface area contributed by atoms with Gasteiger partial charge in [-0.25, -0.2) is 13.8 Å². The largest absolute Gasteiger partial charge is 0.361 e. The maximum atomic E-state index is 14.1. The summed E-state index contributed by atoms with van der Waals surface area (Å²) >= 11 is 1.04. The molecule has 0 saturated heterocycles. The van der Waals surface area contributed by atoms with Crippen molar-refractivity contribution in [1.82, 2.24) is 10.1 Å². The van der Waals surface area contributed by atoms with Gasteiger partial charge in [0.2, 0.25) is 0 Å². The molecule has 5 nitrogen and oxygen atoms in total. The maximum absolute atomic E-state index is 14.1. The van der Waals surface area contributed by atoms with Gasteiger partial charge in [0, 0.05) is 12.1 Å². The summed E-state index contributed by atoms with van der Waals surface area (Å²) in [6, 6.07) is 12.8. The standard InChI is InChI=1S/C19H13F2N3O2S/c1-11-7-15(23-26-11)18(25)24(10-12-5-3-2-4-6-12)19-22-17-14(21)8-13(20)9-16(17)27-19/h2-9H,10H2,1H3. The number of anilines is 1. The van der Waals surface area contributed by atoms with Crippen molar-refractivity contribution in [2.24, 2.45) is 0 Å². The molecule has 0 aliphatic heterocycles. The Bertz CT molecular complexity index is 1120. The van der Waals surface area contributed by atoms with Crippen molar-refractivity contribution in [3.63, 3.8) is 0 Å². The predicted octanol–water partition coefficient (Wildman–Crippen LogP) is 4.72. The Morgan fingerprint density at radius 1 is 1.19 bits per heavy atom. The van der Waals surface area contributed by atoms with Crippen LogP contribution in [-0.2, 0) is 6.54 Å². The average molecular weight is 385 g/mol. The molecule has 0 fully saturated rings. The molecule has 0 N–H and O–H groups in total. The van der Waals surface area contributed by atoms with E-state index in [-0.39, 0.29) is 22.9 Å². The second-order valence-electron chi connectivity index (χ2n) is 5.93. The Morgan fingerprint density at radius 3 is 2.67 bits per heavy atom. The number of benzene rings is 2. The van der Waals surface area contributed by atoms with Gasteiger partial charge in [-0.3, -0.25) is 9.69 Å². The van der Waals surface area contributed by atoms with Crippen LogP contribution in [0.4, 0.5) is 13.9 Å². The lowest BCUT2D eigenvalue weighted by Gasteiger charge is -2.18. The van der Waals surface area contributed by atoms with Gasteiger partial charge in [0.15, 0.2) is 16.6 Å². The van der Waals surface area contributed by atoms with Gasteiger partial charge in [-0.05, 0) is 18.6 Å². The molecule has 1 amide bonds. The van der Waals surface area contributed by atoms with Gasteiger partial charge in [0.1, 0.15) is 17.1 Å². The van der Waals surface area contributed by atoms with Crippen molar-refractivity contribution in [2.45, 2.75) is 13.5 Å². The lowest BCUT2D eigenvalue weighted by molar-refractivity contribution is 0.0976. The molecular formula is C19H13F2N3O2S. The molecular weight excluding hydrogens is 372 g/mol. The monoisotopic (exact) mass is 385 g/mol. The van der Waals surface area contributed by atoms with E-state index in [0.29, 0.717) is 10.5 Å².